The Bertz CT molecular complexity index is 673. The molecule has 0 spiro atoms. The Morgan fingerprint density at radius 1 is 1.38 bits per heavy atom. The first-order valence-corrected chi connectivity index (χ1v) is 8.07. The Morgan fingerprint density at radius 2 is 2.17 bits per heavy atom. The van der Waals surface area contributed by atoms with Gasteiger partial charge in [-0.15, -0.1) is 0 Å². The molecule has 0 aromatic carbocycles. The molecule has 0 aliphatic carbocycles. The summed E-state index contributed by atoms with van der Waals surface area (Å²) in [5.74, 6) is 0.426. The van der Waals surface area contributed by atoms with E-state index in [0.29, 0.717) is 13.1 Å². The van der Waals surface area contributed by atoms with Crippen LogP contribution in [0.5, 0.6) is 0 Å². The minimum atomic E-state index is -0.177. The maximum absolute atomic E-state index is 11.9. The fourth-order valence-corrected chi connectivity index (χ4v) is 3.07. The van der Waals surface area contributed by atoms with Crippen molar-refractivity contribution in [3.63, 3.8) is 0 Å². The van der Waals surface area contributed by atoms with E-state index in [9.17, 15) is 4.79 Å². The van der Waals surface area contributed by atoms with Crippen molar-refractivity contribution in [2.75, 3.05) is 20.2 Å². The maximum Gasteiger partial charge on any atom is 0.309 e. The largest absolute Gasteiger partial charge is 0.469 e. The molecule has 3 rings (SSSR count). The van der Waals surface area contributed by atoms with E-state index in [1.807, 2.05) is 18.2 Å². The quantitative estimate of drug-likeness (QED) is 0.848. The highest BCUT2D eigenvalue weighted by molar-refractivity contribution is 5.72. The summed E-state index contributed by atoms with van der Waals surface area (Å²) in [4.78, 5) is 18.0. The second kappa shape index (κ2) is 7.55. The van der Waals surface area contributed by atoms with Gasteiger partial charge in [0.25, 0.3) is 0 Å². The van der Waals surface area contributed by atoms with Gasteiger partial charge in [0.05, 0.1) is 19.6 Å². The third-order valence-electron chi connectivity index (χ3n) is 4.31. The van der Waals surface area contributed by atoms with Crippen LogP contribution in [-0.4, -0.2) is 47.3 Å². The molecule has 2 N–H and O–H groups in total. The van der Waals surface area contributed by atoms with E-state index in [-0.39, 0.29) is 17.9 Å². The standard InChI is InChI=1S/C17H22N4O3/c1-23-17(22)13-2-3-14(18)10-21(9-13)11-15-8-16(20-24-15)12-4-6-19-7-5-12/h4-8,13-14H,2-3,9-11,18H2,1H3/t13-,14+/m0/s1. The van der Waals surface area contributed by atoms with Crippen LogP contribution in [0.1, 0.15) is 18.6 Å². The van der Waals surface area contributed by atoms with Crippen molar-refractivity contribution < 1.29 is 14.1 Å². The van der Waals surface area contributed by atoms with E-state index in [1.54, 1.807) is 12.4 Å². The molecule has 2 aromatic heterocycles. The van der Waals surface area contributed by atoms with Gasteiger partial charge in [0.2, 0.25) is 0 Å². The average molecular weight is 330 g/mol. The van der Waals surface area contributed by atoms with Gasteiger partial charge in [0, 0.05) is 43.2 Å². The normalized spacial score (nSPS) is 22.1. The molecular formula is C17H22N4O3. The van der Waals surface area contributed by atoms with Crippen molar-refractivity contribution in [2.45, 2.75) is 25.4 Å². The number of methoxy groups -OCH3 is 1. The number of hydrogen-bond acceptors (Lipinski definition) is 7. The number of aromatic nitrogens is 2. The highest BCUT2D eigenvalue weighted by atomic mass is 16.5. The van der Waals surface area contributed by atoms with Crippen LogP contribution in [0.2, 0.25) is 0 Å². The second-order valence-corrected chi connectivity index (χ2v) is 6.17. The lowest BCUT2D eigenvalue weighted by molar-refractivity contribution is -0.146. The first kappa shape index (κ1) is 16.6. The van der Waals surface area contributed by atoms with Gasteiger partial charge in [-0.25, -0.2) is 0 Å². The molecule has 1 aliphatic heterocycles. The topological polar surface area (TPSA) is 94.5 Å². The molecule has 1 aliphatic rings. The number of ether oxygens (including phenoxy) is 1. The Labute approximate surface area is 140 Å². The third kappa shape index (κ3) is 3.98. The van der Waals surface area contributed by atoms with Crippen LogP contribution in [-0.2, 0) is 16.1 Å². The van der Waals surface area contributed by atoms with Crippen molar-refractivity contribution in [1.82, 2.24) is 15.0 Å². The number of nitrogens with zero attached hydrogens (tertiary/aromatic N) is 3. The van der Waals surface area contributed by atoms with Gasteiger partial charge in [-0.05, 0) is 25.0 Å². The predicted octanol–water partition coefficient (Wildman–Crippen LogP) is 1.45. The molecule has 0 amide bonds. The van der Waals surface area contributed by atoms with Crippen molar-refractivity contribution in [2.24, 2.45) is 11.7 Å². The highest BCUT2D eigenvalue weighted by Crippen LogP contribution is 2.22. The van der Waals surface area contributed by atoms with Crippen LogP contribution in [0.4, 0.5) is 0 Å². The molecule has 1 saturated heterocycles. The summed E-state index contributed by atoms with van der Waals surface area (Å²) >= 11 is 0. The van der Waals surface area contributed by atoms with Gasteiger partial charge < -0.3 is 15.0 Å². The van der Waals surface area contributed by atoms with Crippen LogP contribution in [0.15, 0.2) is 35.1 Å². The van der Waals surface area contributed by atoms with Crippen LogP contribution < -0.4 is 5.73 Å². The van der Waals surface area contributed by atoms with Crippen LogP contribution in [0.25, 0.3) is 11.3 Å². The summed E-state index contributed by atoms with van der Waals surface area (Å²) in [5, 5.41) is 4.11. The fraction of sp³-hybridized carbons (Fsp3) is 0.471. The van der Waals surface area contributed by atoms with Crippen LogP contribution in [0, 0.1) is 5.92 Å². The third-order valence-corrected chi connectivity index (χ3v) is 4.31. The van der Waals surface area contributed by atoms with Gasteiger partial charge >= 0.3 is 5.97 Å². The van der Waals surface area contributed by atoms with Gasteiger partial charge in [-0.1, -0.05) is 5.16 Å². The Balaban J connectivity index is 1.70. The first-order chi connectivity index (χ1) is 11.7. The van der Waals surface area contributed by atoms with E-state index >= 15 is 0 Å². The van der Waals surface area contributed by atoms with E-state index < -0.39 is 0 Å². The summed E-state index contributed by atoms with van der Waals surface area (Å²) in [7, 11) is 1.43. The summed E-state index contributed by atoms with van der Waals surface area (Å²) in [6.45, 7) is 1.91. The highest BCUT2D eigenvalue weighted by Gasteiger charge is 2.28. The van der Waals surface area contributed by atoms with Crippen LogP contribution >= 0.6 is 0 Å². The molecular weight excluding hydrogens is 308 g/mol. The maximum atomic E-state index is 11.9. The van der Waals surface area contributed by atoms with Gasteiger partial charge in [0.1, 0.15) is 5.69 Å². The second-order valence-electron chi connectivity index (χ2n) is 6.17. The van der Waals surface area contributed by atoms with E-state index in [0.717, 1.165) is 36.4 Å². The summed E-state index contributed by atoms with van der Waals surface area (Å²) < 4.78 is 10.3. The van der Waals surface area contributed by atoms with Gasteiger partial charge in [0.15, 0.2) is 5.76 Å². The SMILES string of the molecule is COC(=O)[C@H]1CC[C@@H](N)CN(Cc2cc(-c3ccncc3)no2)C1. The van der Waals surface area contributed by atoms with Gasteiger partial charge in [-0.2, -0.15) is 0 Å². The Hall–Kier alpha value is -2.25. The number of carbonyl (C=O) groups is 1. The predicted molar refractivity (Wildman–Crippen MR) is 87.7 cm³/mol. The molecule has 7 heteroatoms. The molecule has 7 nitrogen and oxygen atoms in total. The zero-order chi connectivity index (χ0) is 16.9. The molecule has 1 fully saturated rings. The zero-order valence-electron chi connectivity index (χ0n) is 13.7. The van der Waals surface area contributed by atoms with Crippen molar-refractivity contribution in [3.05, 3.63) is 36.4 Å². The Morgan fingerprint density at radius 3 is 2.92 bits per heavy atom. The molecule has 0 unspecified atom stereocenters. The van der Waals surface area contributed by atoms with Crippen molar-refractivity contribution >= 4 is 5.97 Å². The summed E-state index contributed by atoms with van der Waals surface area (Å²) in [6, 6.07) is 5.73. The number of rotatable bonds is 4. The lowest BCUT2D eigenvalue weighted by Gasteiger charge is -2.22. The van der Waals surface area contributed by atoms with E-state index in [2.05, 4.69) is 15.0 Å². The minimum Gasteiger partial charge on any atom is -0.469 e. The number of carbonyl (C=O) groups excluding carboxylic acids is 1. The number of esters is 1. The van der Waals surface area contributed by atoms with E-state index in [4.69, 9.17) is 15.0 Å². The summed E-state index contributed by atoms with van der Waals surface area (Å²) in [5.41, 5.74) is 7.86. The number of hydrogen-bond donors (Lipinski definition) is 1. The molecule has 0 bridgehead atoms. The molecule has 24 heavy (non-hydrogen) atoms. The van der Waals surface area contributed by atoms with Crippen LogP contribution in [0.3, 0.4) is 0 Å². The molecule has 2 atom stereocenters. The Kier molecular flexibility index (Phi) is 5.22. The lowest BCUT2D eigenvalue weighted by Crippen LogP contribution is -2.37. The first-order valence-electron chi connectivity index (χ1n) is 8.07. The zero-order valence-corrected chi connectivity index (χ0v) is 13.7. The summed E-state index contributed by atoms with van der Waals surface area (Å²) in [6.07, 6.45) is 5.01. The monoisotopic (exact) mass is 330 g/mol. The number of pyridine rings is 1. The van der Waals surface area contributed by atoms with Crippen molar-refractivity contribution in [3.8, 4) is 11.3 Å². The smallest absolute Gasteiger partial charge is 0.309 e. The van der Waals surface area contributed by atoms with Crippen molar-refractivity contribution in [1.29, 1.82) is 0 Å². The molecule has 0 radical (unpaired) electrons. The molecule has 128 valence electrons. The number of nitrogens with two attached hydrogens (primary N) is 1. The fourth-order valence-electron chi connectivity index (χ4n) is 3.07. The average Bonchev–Trinajstić information content (AvgIpc) is 2.98. The molecule has 0 saturated carbocycles. The lowest BCUT2D eigenvalue weighted by atomic mass is 10.0. The molecule has 3 heterocycles. The number of likely N-dealkylation sites (tertiary alicyclic amines) is 1. The molecule has 2 aromatic rings. The van der Waals surface area contributed by atoms with E-state index in [1.165, 1.54) is 7.11 Å². The minimum absolute atomic E-state index is 0.0437. The van der Waals surface area contributed by atoms with Gasteiger partial charge in [-0.3, -0.25) is 14.7 Å².